The Balaban J connectivity index is 1.69. The van der Waals surface area contributed by atoms with Crippen molar-refractivity contribution in [1.29, 1.82) is 0 Å². The summed E-state index contributed by atoms with van der Waals surface area (Å²) in [6.07, 6.45) is 2.67. The van der Waals surface area contributed by atoms with Gasteiger partial charge in [0.1, 0.15) is 12.3 Å². The molecule has 1 aliphatic heterocycles. The SMILES string of the molecule is CCC(=Nc1cnc(OC)nc1CC)SSC(C)(C)COC(=O)N(C)[C@H](CN[C@H](C(=O)N(C)[C@@H]([C@@H](C)CC)[C@@H](CC(=O)N1CCC[C@H]1[C@H](OC)[C@@H](C)C(=O)N[C@H](C)[C@@H](O)c1ccccc1)OC)C(C)C)C(C)C. The van der Waals surface area contributed by atoms with Gasteiger partial charge < -0.3 is 49.4 Å². The number of likely N-dealkylation sites (tertiary alicyclic amines) is 1. The van der Waals surface area contributed by atoms with E-state index < -0.39 is 53.2 Å². The van der Waals surface area contributed by atoms with Crippen LogP contribution in [-0.4, -0.2) is 161 Å². The summed E-state index contributed by atoms with van der Waals surface area (Å²) in [7, 11) is 11.3. The van der Waals surface area contributed by atoms with Crippen molar-refractivity contribution in [2.45, 2.75) is 175 Å². The van der Waals surface area contributed by atoms with E-state index in [0.29, 0.717) is 49.6 Å². The van der Waals surface area contributed by atoms with Crippen molar-refractivity contribution < 1.29 is 43.2 Å². The average molecular weight is 1060 g/mol. The third-order valence-corrected chi connectivity index (χ3v) is 17.5. The number of likely N-dealkylation sites (N-methyl/N-ethyl adjacent to an activating group) is 2. The average Bonchev–Trinajstić information content (AvgIpc) is 3.87. The molecule has 19 heteroatoms. The second-order valence-corrected chi connectivity index (χ2v) is 23.6. The molecule has 2 heterocycles. The predicted molar refractivity (Wildman–Crippen MR) is 294 cm³/mol. The summed E-state index contributed by atoms with van der Waals surface area (Å²) in [5.41, 5.74) is 2.21. The molecule has 17 nitrogen and oxygen atoms in total. The smallest absolute Gasteiger partial charge is 0.409 e. The molecule has 4 amide bonds. The van der Waals surface area contributed by atoms with Crippen LogP contribution in [0.3, 0.4) is 0 Å². The normalized spacial score (nSPS) is 18.1. The minimum Gasteiger partial charge on any atom is -0.467 e. The molecule has 1 aliphatic rings. The second-order valence-electron chi connectivity index (χ2n) is 20.7. The van der Waals surface area contributed by atoms with Crippen molar-refractivity contribution in [3.05, 3.63) is 47.8 Å². The zero-order valence-corrected chi connectivity index (χ0v) is 48.6. The number of hydrogen-bond donors (Lipinski definition) is 3. The van der Waals surface area contributed by atoms with E-state index in [1.165, 1.54) is 7.11 Å². The molecule has 1 fully saturated rings. The van der Waals surface area contributed by atoms with Crippen LogP contribution in [0, 0.1) is 23.7 Å². The lowest BCUT2D eigenvalue weighted by Gasteiger charge is -2.41. The number of hydrogen-bond acceptors (Lipinski definition) is 15. The highest BCUT2D eigenvalue weighted by atomic mass is 33.1. The third kappa shape index (κ3) is 18.1. The predicted octanol–water partition coefficient (Wildman–Crippen LogP) is 8.51. The summed E-state index contributed by atoms with van der Waals surface area (Å²) in [6, 6.07) is 7.25. The zero-order valence-electron chi connectivity index (χ0n) is 47.0. The Morgan fingerprint density at radius 1 is 0.959 bits per heavy atom. The first-order chi connectivity index (χ1) is 34.5. The summed E-state index contributed by atoms with van der Waals surface area (Å²) < 4.78 is 22.8. The Hall–Kier alpha value is -4.01. The molecule has 3 rings (SSSR count). The summed E-state index contributed by atoms with van der Waals surface area (Å²) in [4.78, 5) is 75.2. The topological polar surface area (TPSA) is 197 Å². The molecule has 10 atom stereocenters. The highest BCUT2D eigenvalue weighted by Crippen LogP contribution is 2.39. The molecular weight excluding hydrogens is 969 g/mol. The molecule has 0 bridgehead atoms. The Morgan fingerprint density at radius 3 is 2.19 bits per heavy atom. The Morgan fingerprint density at radius 2 is 1.63 bits per heavy atom. The first-order valence-corrected chi connectivity index (χ1v) is 28.3. The number of aliphatic imine (C=N–C) groups is 1. The first-order valence-electron chi connectivity index (χ1n) is 26.1. The first kappa shape index (κ1) is 63.3. The molecule has 2 aromatic rings. The number of benzene rings is 1. The van der Waals surface area contributed by atoms with Crippen LogP contribution in [0.25, 0.3) is 0 Å². The minimum absolute atomic E-state index is 0.0271. The lowest BCUT2D eigenvalue weighted by molar-refractivity contribution is -0.147. The van der Waals surface area contributed by atoms with E-state index >= 15 is 0 Å². The number of aliphatic hydroxyl groups excluding tert-OH is 1. The van der Waals surface area contributed by atoms with Gasteiger partial charge in [0.05, 0.1) is 83.6 Å². The molecule has 0 aliphatic carbocycles. The fourth-order valence-corrected chi connectivity index (χ4v) is 11.6. The van der Waals surface area contributed by atoms with Crippen molar-refractivity contribution in [2.24, 2.45) is 28.7 Å². The summed E-state index contributed by atoms with van der Waals surface area (Å²) in [5.74, 6) is -1.28. The lowest BCUT2D eigenvalue weighted by atomic mass is 9.89. The number of nitrogens with one attached hydrogen (secondary N) is 2. The van der Waals surface area contributed by atoms with Gasteiger partial charge in [-0.15, -0.1) is 0 Å². The van der Waals surface area contributed by atoms with Crippen LogP contribution < -0.4 is 15.4 Å². The van der Waals surface area contributed by atoms with Crippen LogP contribution in [0.4, 0.5) is 10.5 Å². The van der Waals surface area contributed by atoms with Crippen LogP contribution in [0.15, 0.2) is 41.5 Å². The molecule has 1 aromatic heterocycles. The molecule has 412 valence electrons. The zero-order chi connectivity index (χ0) is 54.7. The van der Waals surface area contributed by atoms with E-state index in [2.05, 4.69) is 34.4 Å². The molecule has 73 heavy (non-hydrogen) atoms. The summed E-state index contributed by atoms with van der Waals surface area (Å²) in [6.45, 7) is 24.9. The maximum absolute atomic E-state index is 14.7. The fraction of sp³-hybridized carbons (Fsp3) is 0.722. The number of ether oxygens (including phenoxy) is 4. The van der Waals surface area contributed by atoms with E-state index in [4.69, 9.17) is 23.9 Å². The molecule has 3 N–H and O–H groups in total. The Kier molecular flexibility index (Phi) is 26.5. The van der Waals surface area contributed by atoms with Gasteiger partial charge in [-0.1, -0.05) is 110 Å². The number of aromatic nitrogens is 2. The van der Waals surface area contributed by atoms with Crippen molar-refractivity contribution in [2.75, 3.05) is 55.1 Å². The van der Waals surface area contributed by atoms with Gasteiger partial charge in [-0.05, 0) is 80.6 Å². The van der Waals surface area contributed by atoms with Crippen LogP contribution in [0.5, 0.6) is 6.01 Å². The molecule has 1 saturated heterocycles. The van der Waals surface area contributed by atoms with Crippen molar-refractivity contribution >= 4 is 56.1 Å². The molecular formula is C54H90N8O9S2. The second kappa shape index (κ2) is 30.5. The highest BCUT2D eigenvalue weighted by molar-refractivity contribution is 8.82. The van der Waals surface area contributed by atoms with Gasteiger partial charge in [-0.3, -0.25) is 14.4 Å². The van der Waals surface area contributed by atoms with Crippen LogP contribution >= 0.6 is 21.6 Å². The van der Waals surface area contributed by atoms with E-state index in [1.807, 2.05) is 90.6 Å². The number of aliphatic hydroxyl groups is 1. The number of amides is 4. The van der Waals surface area contributed by atoms with Crippen LogP contribution in [-0.2, 0) is 35.0 Å². The standard InChI is InChI=1S/C54H90N8O9S2/c1-18-35(8)47(43(68-15)29-45(63)62-28-24-27-41(62)49(69-16)36(9)50(65)57-37(10)48(64)38-25-22-21-23-26-38)61(14)51(66)46(34(6)7)55-31-42(33(4)5)60(13)53(67)71-32-54(11,12)73-72-44(20-3)58-40-30-56-52(70-17)59-39(40)19-2/h21-23,25-26,30,33-37,41-43,46-49,55,64H,18-20,24,27-29,31-32H2,1-17H3,(H,57,65)/t35-,36+,37+,41-,42+,43+,46-,47-,48+,49+/m0/s1. The lowest BCUT2D eigenvalue weighted by Crippen LogP contribution is -2.58. The molecule has 0 saturated carbocycles. The maximum Gasteiger partial charge on any atom is 0.409 e. The van der Waals surface area contributed by atoms with Crippen LogP contribution in [0.2, 0.25) is 0 Å². The quantitative estimate of drug-likeness (QED) is 0.0398. The Bertz CT molecular complexity index is 2070. The molecule has 1 aromatic carbocycles. The number of nitrogens with zero attached hydrogens (tertiary/aromatic N) is 6. The van der Waals surface area contributed by atoms with Gasteiger partial charge >= 0.3 is 12.1 Å². The fourth-order valence-electron chi connectivity index (χ4n) is 9.37. The number of carbonyl (C=O) groups excluding carboxylic acids is 4. The highest BCUT2D eigenvalue weighted by Gasteiger charge is 2.43. The van der Waals surface area contributed by atoms with E-state index in [1.54, 1.807) is 79.7 Å². The minimum atomic E-state index is -0.892. The number of aryl methyl sites for hydroxylation is 1. The van der Waals surface area contributed by atoms with Crippen LogP contribution in [0.1, 0.15) is 133 Å². The summed E-state index contributed by atoms with van der Waals surface area (Å²) in [5, 5.41) is 18.3. The largest absolute Gasteiger partial charge is 0.467 e. The van der Waals surface area contributed by atoms with Gasteiger partial charge in [-0.25, -0.2) is 14.8 Å². The maximum atomic E-state index is 14.7. The number of rotatable bonds is 29. The van der Waals surface area contributed by atoms with E-state index in [-0.39, 0.29) is 60.6 Å². The van der Waals surface area contributed by atoms with Crippen molar-refractivity contribution in [3.8, 4) is 6.01 Å². The van der Waals surface area contributed by atoms with Gasteiger partial charge in [0.15, 0.2) is 0 Å². The van der Waals surface area contributed by atoms with Gasteiger partial charge in [0.2, 0.25) is 17.7 Å². The van der Waals surface area contributed by atoms with Gasteiger partial charge in [-0.2, -0.15) is 4.98 Å². The van der Waals surface area contributed by atoms with Gasteiger partial charge in [0.25, 0.3) is 0 Å². The van der Waals surface area contributed by atoms with Crippen molar-refractivity contribution in [3.63, 3.8) is 0 Å². The monoisotopic (exact) mass is 1060 g/mol. The number of methoxy groups -OCH3 is 3. The van der Waals surface area contributed by atoms with Gasteiger partial charge in [0, 0.05) is 47.4 Å². The molecule has 0 unspecified atom stereocenters. The van der Waals surface area contributed by atoms with Crippen molar-refractivity contribution in [1.82, 2.24) is 35.3 Å². The van der Waals surface area contributed by atoms with E-state index in [0.717, 1.165) is 23.6 Å². The summed E-state index contributed by atoms with van der Waals surface area (Å²) >= 11 is 0. The number of carbonyl (C=O) groups is 4. The van der Waals surface area contributed by atoms with E-state index in [9.17, 15) is 24.3 Å². The third-order valence-electron chi connectivity index (χ3n) is 14.1. The Labute approximate surface area is 445 Å². The molecule has 0 radical (unpaired) electrons. The molecule has 0 spiro atoms.